The van der Waals surface area contributed by atoms with Crippen molar-refractivity contribution in [3.63, 3.8) is 0 Å². The highest BCUT2D eigenvalue weighted by molar-refractivity contribution is 5.93. The van der Waals surface area contributed by atoms with Crippen molar-refractivity contribution >= 4 is 23.4 Å². The summed E-state index contributed by atoms with van der Waals surface area (Å²) >= 11 is 0. The van der Waals surface area contributed by atoms with E-state index in [9.17, 15) is 9.59 Å². The molecule has 3 amide bonds. The molecule has 176 valence electrons. The van der Waals surface area contributed by atoms with E-state index in [1.807, 2.05) is 32.0 Å². The predicted molar refractivity (Wildman–Crippen MR) is 125 cm³/mol. The van der Waals surface area contributed by atoms with Gasteiger partial charge < -0.3 is 20.3 Å². The maximum Gasteiger partial charge on any atom is 0.320 e. The maximum absolute atomic E-state index is 12.3. The summed E-state index contributed by atoms with van der Waals surface area (Å²) in [6, 6.07) is 7.52. The first kappa shape index (κ1) is 22.9. The van der Waals surface area contributed by atoms with E-state index >= 15 is 0 Å². The van der Waals surface area contributed by atoms with Gasteiger partial charge in [0.05, 0.1) is 30.6 Å². The number of piperazine rings is 1. The van der Waals surface area contributed by atoms with E-state index in [2.05, 4.69) is 35.7 Å². The zero-order valence-electron chi connectivity index (χ0n) is 19.1. The molecule has 0 aromatic carbocycles. The molecule has 10 nitrogen and oxygen atoms in total. The summed E-state index contributed by atoms with van der Waals surface area (Å²) in [5.74, 6) is 0.397. The number of rotatable bonds is 7. The Morgan fingerprint density at radius 3 is 2.61 bits per heavy atom. The van der Waals surface area contributed by atoms with E-state index in [0.717, 1.165) is 49.7 Å². The lowest BCUT2D eigenvalue weighted by Gasteiger charge is -2.36. The van der Waals surface area contributed by atoms with Gasteiger partial charge in [0.2, 0.25) is 0 Å². The van der Waals surface area contributed by atoms with Crippen LogP contribution in [0.1, 0.15) is 28.7 Å². The molecule has 2 fully saturated rings. The summed E-state index contributed by atoms with van der Waals surface area (Å²) in [5, 5.41) is 8.39. The van der Waals surface area contributed by atoms with Crippen molar-refractivity contribution < 1.29 is 14.3 Å². The lowest BCUT2D eigenvalue weighted by atomic mass is 10.2. The lowest BCUT2D eigenvalue weighted by Crippen LogP contribution is -2.48. The van der Waals surface area contributed by atoms with Crippen LogP contribution in [0.2, 0.25) is 0 Å². The van der Waals surface area contributed by atoms with Crippen LogP contribution < -0.4 is 20.9 Å². The van der Waals surface area contributed by atoms with Crippen LogP contribution in [0.4, 0.5) is 16.3 Å². The van der Waals surface area contributed by atoms with E-state index in [-0.39, 0.29) is 18.0 Å². The summed E-state index contributed by atoms with van der Waals surface area (Å²) in [4.78, 5) is 37.5. The Bertz CT molecular complexity index is 988. The Balaban J connectivity index is 1.30. The topological polar surface area (TPSA) is 112 Å². The quantitative estimate of drug-likeness (QED) is 0.581. The number of nitrogens with one attached hydrogen (secondary N) is 3. The molecule has 33 heavy (non-hydrogen) atoms. The average Bonchev–Trinajstić information content (AvgIpc) is 2.77. The van der Waals surface area contributed by atoms with Crippen molar-refractivity contribution in [1.29, 1.82) is 0 Å². The van der Waals surface area contributed by atoms with Crippen molar-refractivity contribution in [2.45, 2.75) is 26.4 Å². The molecule has 0 spiro atoms. The molecule has 0 radical (unpaired) electrons. The summed E-state index contributed by atoms with van der Waals surface area (Å²) in [7, 11) is 0. The highest BCUT2D eigenvalue weighted by Crippen LogP contribution is 2.21. The first-order valence-corrected chi connectivity index (χ1v) is 11.3. The van der Waals surface area contributed by atoms with Gasteiger partial charge in [-0.25, -0.2) is 14.8 Å². The fourth-order valence-electron chi connectivity index (χ4n) is 3.96. The number of urea groups is 1. The van der Waals surface area contributed by atoms with Crippen LogP contribution in [0.15, 0.2) is 30.5 Å². The van der Waals surface area contributed by atoms with E-state index in [1.165, 1.54) is 0 Å². The number of aryl methyl sites for hydroxylation is 1. The lowest BCUT2D eigenvalue weighted by molar-refractivity contribution is -0.00355. The molecule has 0 aliphatic carbocycles. The largest absolute Gasteiger partial charge is 0.377 e. The molecule has 0 unspecified atom stereocenters. The molecular formula is C23H31N7O3. The van der Waals surface area contributed by atoms with Gasteiger partial charge in [0.15, 0.2) is 0 Å². The Morgan fingerprint density at radius 2 is 1.94 bits per heavy atom. The van der Waals surface area contributed by atoms with Crippen LogP contribution in [-0.2, 0) is 11.3 Å². The monoisotopic (exact) mass is 453 g/mol. The Kier molecular flexibility index (Phi) is 7.36. The third-order valence-electron chi connectivity index (χ3n) is 5.79. The fraction of sp³-hybridized carbons (Fsp3) is 0.478. The van der Waals surface area contributed by atoms with Crippen LogP contribution in [-0.4, -0.2) is 78.8 Å². The van der Waals surface area contributed by atoms with Crippen LogP contribution >= 0.6 is 0 Å². The van der Waals surface area contributed by atoms with Crippen LogP contribution in [0.5, 0.6) is 0 Å². The van der Waals surface area contributed by atoms with Gasteiger partial charge in [0, 0.05) is 45.5 Å². The van der Waals surface area contributed by atoms with Crippen molar-refractivity contribution in [2.24, 2.45) is 0 Å². The fourth-order valence-corrected chi connectivity index (χ4v) is 3.96. The van der Waals surface area contributed by atoms with Gasteiger partial charge in [-0.2, -0.15) is 0 Å². The van der Waals surface area contributed by atoms with Gasteiger partial charge in [-0.15, -0.1) is 0 Å². The van der Waals surface area contributed by atoms with Gasteiger partial charge in [-0.3, -0.25) is 15.0 Å². The van der Waals surface area contributed by atoms with Gasteiger partial charge in [-0.1, -0.05) is 0 Å². The Labute approximate surface area is 193 Å². The molecule has 2 aliphatic rings. The highest BCUT2D eigenvalue weighted by atomic mass is 16.5. The number of carbonyl (C=O) groups is 2. The smallest absolute Gasteiger partial charge is 0.320 e. The Hall–Kier alpha value is -3.24. The molecule has 2 saturated heterocycles. The van der Waals surface area contributed by atoms with Crippen molar-refractivity contribution in [1.82, 2.24) is 25.5 Å². The summed E-state index contributed by atoms with van der Waals surface area (Å²) in [6.07, 6.45) is 1.72. The standard InChI is InChI=1S/C23H31N7O3/c1-3-24-23(32)28-21-12-17(6-7-25-21)13-29-8-10-30(11-9-29)20-5-4-19(26-16(20)2)22(31)27-18-14-33-15-18/h4-7,12,18H,3,8-11,13-15H2,1-2H3,(H,27,31)(H2,24,25,28,32). The number of amides is 3. The van der Waals surface area contributed by atoms with E-state index < -0.39 is 0 Å². The van der Waals surface area contributed by atoms with E-state index in [0.29, 0.717) is 31.3 Å². The second kappa shape index (κ2) is 10.6. The van der Waals surface area contributed by atoms with Crippen molar-refractivity contribution in [3.8, 4) is 0 Å². The molecule has 10 heteroatoms. The molecule has 4 rings (SSSR count). The van der Waals surface area contributed by atoms with Crippen molar-refractivity contribution in [3.05, 3.63) is 47.4 Å². The molecule has 2 aliphatic heterocycles. The average molecular weight is 454 g/mol. The molecule has 3 N–H and O–H groups in total. The van der Waals surface area contributed by atoms with Gasteiger partial charge >= 0.3 is 6.03 Å². The number of hydrogen-bond donors (Lipinski definition) is 3. The van der Waals surface area contributed by atoms with E-state index in [4.69, 9.17) is 4.74 Å². The first-order chi connectivity index (χ1) is 16.0. The number of nitrogens with zero attached hydrogens (tertiary/aromatic N) is 4. The SMILES string of the molecule is CCNC(=O)Nc1cc(CN2CCN(c3ccc(C(=O)NC4COC4)nc3C)CC2)ccn1. The number of hydrogen-bond acceptors (Lipinski definition) is 7. The minimum absolute atomic E-state index is 0.0908. The number of anilines is 2. The number of aromatic nitrogens is 2. The number of pyridine rings is 2. The van der Waals surface area contributed by atoms with Gasteiger partial charge in [0.1, 0.15) is 11.5 Å². The first-order valence-electron chi connectivity index (χ1n) is 11.3. The second-order valence-corrected chi connectivity index (χ2v) is 8.31. The second-order valence-electron chi connectivity index (χ2n) is 8.31. The van der Waals surface area contributed by atoms with Crippen LogP contribution in [0.3, 0.4) is 0 Å². The third kappa shape index (κ3) is 5.96. The number of carbonyl (C=O) groups excluding carboxylic acids is 2. The maximum atomic E-state index is 12.3. The molecular weight excluding hydrogens is 422 g/mol. The van der Waals surface area contributed by atoms with E-state index in [1.54, 1.807) is 12.3 Å². The molecule has 4 heterocycles. The van der Waals surface area contributed by atoms with Gasteiger partial charge in [-0.05, 0) is 43.7 Å². The molecule has 0 atom stereocenters. The molecule has 2 aromatic rings. The minimum atomic E-state index is -0.250. The Morgan fingerprint density at radius 1 is 1.15 bits per heavy atom. The third-order valence-corrected chi connectivity index (χ3v) is 5.79. The summed E-state index contributed by atoms with van der Waals surface area (Å²) in [6.45, 7) is 9.89. The molecule has 0 saturated carbocycles. The summed E-state index contributed by atoms with van der Waals surface area (Å²) in [5.41, 5.74) is 3.47. The highest BCUT2D eigenvalue weighted by Gasteiger charge is 2.23. The summed E-state index contributed by atoms with van der Waals surface area (Å²) < 4.78 is 5.10. The van der Waals surface area contributed by atoms with Crippen LogP contribution in [0, 0.1) is 6.92 Å². The molecule has 0 bridgehead atoms. The van der Waals surface area contributed by atoms with Crippen LogP contribution in [0.25, 0.3) is 0 Å². The normalized spacial score (nSPS) is 16.7. The number of ether oxygens (including phenoxy) is 1. The predicted octanol–water partition coefficient (Wildman–Crippen LogP) is 1.38. The molecule has 2 aromatic heterocycles. The minimum Gasteiger partial charge on any atom is -0.377 e. The van der Waals surface area contributed by atoms with Crippen molar-refractivity contribution in [2.75, 3.05) is 56.2 Å². The van der Waals surface area contributed by atoms with Gasteiger partial charge in [0.25, 0.3) is 5.91 Å². The zero-order chi connectivity index (χ0) is 23.2. The zero-order valence-corrected chi connectivity index (χ0v) is 19.1.